The average molecular weight is 291 g/mol. The van der Waals surface area contributed by atoms with E-state index in [1.165, 1.54) is 6.42 Å². The number of hydrogen-bond donors (Lipinski definition) is 2. The topological polar surface area (TPSA) is 66.4 Å². The highest BCUT2D eigenvalue weighted by molar-refractivity contribution is 7.89. The Morgan fingerprint density at radius 1 is 1.26 bits per heavy atom. The zero-order chi connectivity index (χ0) is 14.5. The lowest BCUT2D eigenvalue weighted by atomic mass is 9.91. The van der Waals surface area contributed by atoms with E-state index in [9.17, 15) is 13.5 Å². The minimum Gasteiger partial charge on any atom is -0.389 e. The van der Waals surface area contributed by atoms with Crippen molar-refractivity contribution in [3.63, 3.8) is 0 Å². The van der Waals surface area contributed by atoms with E-state index in [1.54, 1.807) is 6.92 Å². The average Bonchev–Trinajstić information content (AvgIpc) is 2.26. The summed E-state index contributed by atoms with van der Waals surface area (Å²) in [6, 6.07) is 0. The summed E-state index contributed by atoms with van der Waals surface area (Å²) in [6.45, 7) is 5.84. The number of aliphatic hydroxyl groups is 1. The summed E-state index contributed by atoms with van der Waals surface area (Å²) in [5, 5.41) is 10.1. The fourth-order valence-corrected chi connectivity index (χ4v) is 4.54. The van der Waals surface area contributed by atoms with Gasteiger partial charge in [-0.15, -0.1) is 0 Å². The molecule has 1 saturated carbocycles. The fourth-order valence-electron chi connectivity index (χ4n) is 2.94. The maximum absolute atomic E-state index is 12.0. The third-order valence-corrected chi connectivity index (χ3v) is 5.20. The van der Waals surface area contributed by atoms with Crippen molar-refractivity contribution >= 4 is 10.0 Å². The predicted octanol–water partition coefficient (Wildman–Crippen LogP) is 2.28. The Labute approximate surface area is 118 Å². The molecule has 5 heteroatoms. The Morgan fingerprint density at radius 3 is 2.37 bits per heavy atom. The molecule has 0 aliphatic heterocycles. The molecule has 1 fully saturated rings. The van der Waals surface area contributed by atoms with Crippen LogP contribution in [-0.2, 0) is 10.0 Å². The standard InChI is InChI=1S/C14H29NO3S/c1-12(2)9-14(3,16)11-15-19(17,18)10-13-7-5-4-6-8-13/h12-13,15-16H,4-11H2,1-3H3. The zero-order valence-electron chi connectivity index (χ0n) is 12.5. The van der Waals surface area contributed by atoms with Crippen LogP contribution in [0.4, 0.5) is 0 Å². The van der Waals surface area contributed by atoms with Gasteiger partial charge in [-0.05, 0) is 38.0 Å². The second-order valence-corrected chi connectivity index (χ2v) is 8.55. The summed E-state index contributed by atoms with van der Waals surface area (Å²) in [5.74, 6) is 0.851. The minimum absolute atomic E-state index is 0.111. The molecule has 1 atom stereocenters. The molecule has 0 heterocycles. The van der Waals surface area contributed by atoms with Crippen LogP contribution in [0, 0.1) is 11.8 Å². The quantitative estimate of drug-likeness (QED) is 0.756. The molecule has 0 aromatic carbocycles. The van der Waals surface area contributed by atoms with E-state index in [4.69, 9.17) is 0 Å². The SMILES string of the molecule is CC(C)CC(C)(O)CNS(=O)(=O)CC1CCCCC1. The molecule has 1 rings (SSSR count). The Kier molecular flexibility index (Phi) is 6.27. The molecule has 0 aromatic heterocycles. The molecule has 114 valence electrons. The van der Waals surface area contributed by atoms with Crippen LogP contribution in [0.2, 0.25) is 0 Å². The molecule has 0 aromatic rings. The van der Waals surface area contributed by atoms with Crippen molar-refractivity contribution in [3.8, 4) is 0 Å². The van der Waals surface area contributed by atoms with Gasteiger partial charge in [0.25, 0.3) is 0 Å². The monoisotopic (exact) mass is 291 g/mol. The Morgan fingerprint density at radius 2 is 1.84 bits per heavy atom. The van der Waals surface area contributed by atoms with Crippen LogP contribution in [0.15, 0.2) is 0 Å². The van der Waals surface area contributed by atoms with E-state index >= 15 is 0 Å². The van der Waals surface area contributed by atoms with Crippen LogP contribution in [0.3, 0.4) is 0 Å². The van der Waals surface area contributed by atoms with Crippen molar-refractivity contribution < 1.29 is 13.5 Å². The van der Waals surface area contributed by atoms with Crippen molar-refractivity contribution in [1.82, 2.24) is 4.72 Å². The highest BCUT2D eigenvalue weighted by atomic mass is 32.2. The van der Waals surface area contributed by atoms with Gasteiger partial charge in [-0.25, -0.2) is 13.1 Å². The fraction of sp³-hybridized carbons (Fsp3) is 1.00. The van der Waals surface area contributed by atoms with Gasteiger partial charge in [-0.2, -0.15) is 0 Å². The van der Waals surface area contributed by atoms with Gasteiger partial charge in [0.05, 0.1) is 11.4 Å². The number of sulfonamides is 1. The lowest BCUT2D eigenvalue weighted by Gasteiger charge is -2.26. The molecular formula is C14H29NO3S. The molecule has 2 N–H and O–H groups in total. The molecule has 0 spiro atoms. The third-order valence-electron chi connectivity index (χ3n) is 3.70. The van der Waals surface area contributed by atoms with E-state index < -0.39 is 15.6 Å². The maximum Gasteiger partial charge on any atom is 0.211 e. The Bertz CT molecular complexity index is 357. The number of nitrogens with one attached hydrogen (secondary N) is 1. The molecule has 4 nitrogen and oxygen atoms in total. The summed E-state index contributed by atoms with van der Waals surface area (Å²) >= 11 is 0. The first kappa shape index (κ1) is 16.9. The minimum atomic E-state index is -3.26. The van der Waals surface area contributed by atoms with E-state index in [0.717, 1.165) is 25.7 Å². The van der Waals surface area contributed by atoms with Crippen molar-refractivity contribution in [1.29, 1.82) is 0 Å². The van der Waals surface area contributed by atoms with Crippen LogP contribution < -0.4 is 4.72 Å². The second kappa shape index (κ2) is 7.04. The molecule has 1 aliphatic rings. The van der Waals surface area contributed by atoms with Gasteiger partial charge >= 0.3 is 0 Å². The lowest BCUT2D eigenvalue weighted by molar-refractivity contribution is 0.0436. The van der Waals surface area contributed by atoms with Crippen LogP contribution >= 0.6 is 0 Å². The van der Waals surface area contributed by atoms with E-state index in [2.05, 4.69) is 4.72 Å². The Balaban J connectivity index is 2.41. The smallest absolute Gasteiger partial charge is 0.211 e. The molecule has 1 unspecified atom stereocenters. The van der Waals surface area contributed by atoms with Crippen LogP contribution in [0.1, 0.15) is 59.3 Å². The Hall–Kier alpha value is -0.130. The van der Waals surface area contributed by atoms with Crippen LogP contribution in [0.25, 0.3) is 0 Å². The number of rotatable bonds is 7. The highest BCUT2D eigenvalue weighted by Gasteiger charge is 2.26. The van der Waals surface area contributed by atoms with Gasteiger partial charge < -0.3 is 5.11 Å². The molecule has 19 heavy (non-hydrogen) atoms. The summed E-state index contributed by atoms with van der Waals surface area (Å²) in [5.41, 5.74) is -0.964. The normalized spacial score (nSPS) is 21.5. The summed E-state index contributed by atoms with van der Waals surface area (Å²) < 4.78 is 26.6. The van der Waals surface area contributed by atoms with Crippen molar-refractivity contribution in [3.05, 3.63) is 0 Å². The maximum atomic E-state index is 12.0. The molecule has 1 aliphatic carbocycles. The number of hydrogen-bond acceptors (Lipinski definition) is 3. The first-order valence-corrected chi connectivity index (χ1v) is 9.05. The molecule has 0 bridgehead atoms. The molecule has 0 radical (unpaired) electrons. The summed E-state index contributed by atoms with van der Waals surface area (Å²) in [4.78, 5) is 0. The van der Waals surface area contributed by atoms with Crippen molar-refractivity contribution in [2.75, 3.05) is 12.3 Å². The largest absolute Gasteiger partial charge is 0.389 e. The van der Waals surface area contributed by atoms with E-state index in [1.807, 2.05) is 13.8 Å². The van der Waals surface area contributed by atoms with E-state index in [-0.39, 0.29) is 12.3 Å². The first-order chi connectivity index (χ1) is 8.70. The second-order valence-electron chi connectivity index (χ2n) is 6.70. The zero-order valence-corrected chi connectivity index (χ0v) is 13.3. The van der Waals surface area contributed by atoms with Gasteiger partial charge in [0.1, 0.15) is 0 Å². The first-order valence-electron chi connectivity index (χ1n) is 7.40. The van der Waals surface area contributed by atoms with Crippen molar-refractivity contribution in [2.24, 2.45) is 11.8 Å². The van der Waals surface area contributed by atoms with Crippen LogP contribution in [0.5, 0.6) is 0 Å². The van der Waals surface area contributed by atoms with Gasteiger partial charge in [0.15, 0.2) is 0 Å². The predicted molar refractivity (Wildman–Crippen MR) is 78.4 cm³/mol. The highest BCUT2D eigenvalue weighted by Crippen LogP contribution is 2.24. The van der Waals surface area contributed by atoms with Gasteiger partial charge in [-0.1, -0.05) is 33.1 Å². The molecular weight excluding hydrogens is 262 g/mol. The van der Waals surface area contributed by atoms with E-state index in [0.29, 0.717) is 18.3 Å². The summed E-state index contributed by atoms with van der Waals surface area (Å²) in [6.07, 6.45) is 6.15. The van der Waals surface area contributed by atoms with Crippen molar-refractivity contribution in [2.45, 2.75) is 64.9 Å². The third kappa shape index (κ3) is 7.28. The van der Waals surface area contributed by atoms with Gasteiger partial charge in [-0.3, -0.25) is 0 Å². The lowest BCUT2D eigenvalue weighted by Crippen LogP contribution is -2.43. The molecule has 0 saturated heterocycles. The summed E-state index contributed by atoms with van der Waals surface area (Å²) in [7, 11) is -3.26. The van der Waals surface area contributed by atoms with Gasteiger partial charge in [0, 0.05) is 6.54 Å². The molecule has 0 amide bonds. The van der Waals surface area contributed by atoms with Gasteiger partial charge in [0.2, 0.25) is 10.0 Å². The van der Waals surface area contributed by atoms with Crippen LogP contribution in [-0.4, -0.2) is 31.4 Å².